The lowest BCUT2D eigenvalue weighted by atomic mass is 9.83. The van der Waals surface area contributed by atoms with Crippen molar-refractivity contribution in [1.82, 2.24) is 0 Å². The maximum absolute atomic E-state index is 11.1. The SMILES string of the molecule is O=C1CCCC(C2CCCCC2)O1. The van der Waals surface area contributed by atoms with Gasteiger partial charge in [-0.3, -0.25) is 4.79 Å². The summed E-state index contributed by atoms with van der Waals surface area (Å²) in [7, 11) is 0. The molecular weight excluding hydrogens is 164 g/mol. The Labute approximate surface area is 79.7 Å². The molecule has 1 heterocycles. The fourth-order valence-corrected chi connectivity index (χ4v) is 2.57. The number of ether oxygens (including phenoxy) is 1. The molecule has 1 saturated carbocycles. The third-order valence-electron chi connectivity index (χ3n) is 3.33. The number of esters is 1. The fraction of sp³-hybridized carbons (Fsp3) is 0.909. The predicted molar refractivity (Wildman–Crippen MR) is 50.3 cm³/mol. The van der Waals surface area contributed by atoms with Crippen LogP contribution in [0.1, 0.15) is 51.4 Å². The van der Waals surface area contributed by atoms with Gasteiger partial charge in [0.2, 0.25) is 0 Å². The second kappa shape index (κ2) is 4.12. The zero-order chi connectivity index (χ0) is 9.10. The maximum atomic E-state index is 11.1. The van der Waals surface area contributed by atoms with Crippen LogP contribution in [0, 0.1) is 5.92 Å². The Balaban J connectivity index is 1.87. The summed E-state index contributed by atoms with van der Waals surface area (Å²) in [6.45, 7) is 0. The Morgan fingerprint density at radius 3 is 2.46 bits per heavy atom. The van der Waals surface area contributed by atoms with E-state index in [4.69, 9.17) is 4.74 Å². The Morgan fingerprint density at radius 2 is 1.77 bits per heavy atom. The van der Waals surface area contributed by atoms with Gasteiger partial charge < -0.3 is 4.74 Å². The minimum atomic E-state index is 0.0295. The van der Waals surface area contributed by atoms with Crippen LogP contribution in [0.2, 0.25) is 0 Å². The molecule has 0 radical (unpaired) electrons. The van der Waals surface area contributed by atoms with Crippen molar-refractivity contribution in [2.24, 2.45) is 5.92 Å². The average molecular weight is 182 g/mol. The van der Waals surface area contributed by atoms with E-state index < -0.39 is 0 Å². The topological polar surface area (TPSA) is 26.3 Å². The molecule has 13 heavy (non-hydrogen) atoms. The van der Waals surface area contributed by atoms with Crippen LogP contribution >= 0.6 is 0 Å². The third kappa shape index (κ3) is 2.23. The minimum Gasteiger partial charge on any atom is -0.462 e. The largest absolute Gasteiger partial charge is 0.462 e. The molecule has 1 aliphatic heterocycles. The summed E-state index contributed by atoms with van der Waals surface area (Å²) in [5.74, 6) is 0.708. The van der Waals surface area contributed by atoms with E-state index in [1.807, 2.05) is 0 Å². The second-order valence-corrected chi connectivity index (χ2v) is 4.32. The van der Waals surface area contributed by atoms with Crippen molar-refractivity contribution in [2.45, 2.75) is 57.5 Å². The molecule has 74 valence electrons. The molecule has 0 spiro atoms. The molecule has 0 aromatic carbocycles. The van der Waals surface area contributed by atoms with Gasteiger partial charge in [-0.2, -0.15) is 0 Å². The van der Waals surface area contributed by atoms with E-state index in [1.165, 1.54) is 32.1 Å². The van der Waals surface area contributed by atoms with Gasteiger partial charge in [-0.05, 0) is 31.6 Å². The van der Waals surface area contributed by atoms with Gasteiger partial charge in [-0.15, -0.1) is 0 Å². The molecule has 1 atom stereocenters. The molecule has 1 saturated heterocycles. The zero-order valence-corrected chi connectivity index (χ0v) is 8.13. The first kappa shape index (κ1) is 9.04. The normalized spacial score (nSPS) is 31.4. The van der Waals surface area contributed by atoms with E-state index in [0.717, 1.165) is 12.8 Å². The highest BCUT2D eigenvalue weighted by Gasteiger charge is 2.29. The van der Waals surface area contributed by atoms with Crippen LogP contribution in [0.15, 0.2) is 0 Å². The highest BCUT2D eigenvalue weighted by atomic mass is 16.5. The van der Waals surface area contributed by atoms with Crippen molar-refractivity contribution in [3.8, 4) is 0 Å². The Morgan fingerprint density at radius 1 is 1.00 bits per heavy atom. The lowest BCUT2D eigenvalue weighted by molar-refractivity contribution is -0.157. The number of rotatable bonds is 1. The first-order chi connectivity index (χ1) is 6.36. The van der Waals surface area contributed by atoms with Crippen LogP contribution in [-0.4, -0.2) is 12.1 Å². The van der Waals surface area contributed by atoms with Crippen LogP contribution in [0.3, 0.4) is 0 Å². The van der Waals surface area contributed by atoms with Crippen LogP contribution in [0.4, 0.5) is 0 Å². The average Bonchev–Trinajstić information content (AvgIpc) is 2.19. The van der Waals surface area contributed by atoms with Crippen molar-refractivity contribution in [3.05, 3.63) is 0 Å². The summed E-state index contributed by atoms with van der Waals surface area (Å²) in [5.41, 5.74) is 0. The van der Waals surface area contributed by atoms with Crippen molar-refractivity contribution < 1.29 is 9.53 Å². The smallest absolute Gasteiger partial charge is 0.306 e. The standard InChI is InChI=1S/C11H18O2/c12-11-8-4-7-10(13-11)9-5-2-1-3-6-9/h9-10H,1-8H2. The Kier molecular flexibility index (Phi) is 2.87. The van der Waals surface area contributed by atoms with Gasteiger partial charge in [-0.25, -0.2) is 0 Å². The molecule has 0 N–H and O–H groups in total. The summed E-state index contributed by atoms with van der Waals surface area (Å²) in [6, 6.07) is 0. The van der Waals surface area contributed by atoms with Crippen molar-refractivity contribution in [3.63, 3.8) is 0 Å². The second-order valence-electron chi connectivity index (χ2n) is 4.32. The molecular formula is C11H18O2. The molecule has 1 unspecified atom stereocenters. The van der Waals surface area contributed by atoms with Gasteiger partial charge >= 0.3 is 5.97 Å². The van der Waals surface area contributed by atoms with Gasteiger partial charge in [0.15, 0.2) is 0 Å². The maximum Gasteiger partial charge on any atom is 0.306 e. The number of hydrogen-bond acceptors (Lipinski definition) is 2. The summed E-state index contributed by atoms with van der Waals surface area (Å²) in [6.07, 6.45) is 9.64. The monoisotopic (exact) mass is 182 g/mol. The first-order valence-electron chi connectivity index (χ1n) is 5.56. The van der Waals surface area contributed by atoms with E-state index in [1.54, 1.807) is 0 Å². The first-order valence-corrected chi connectivity index (χ1v) is 5.56. The van der Waals surface area contributed by atoms with Crippen molar-refractivity contribution in [2.75, 3.05) is 0 Å². The molecule has 2 heteroatoms. The molecule has 0 bridgehead atoms. The van der Waals surface area contributed by atoms with Gasteiger partial charge in [0.1, 0.15) is 6.10 Å². The van der Waals surface area contributed by atoms with E-state index in [9.17, 15) is 4.79 Å². The number of hydrogen-bond donors (Lipinski definition) is 0. The quantitative estimate of drug-likeness (QED) is 0.583. The lowest BCUT2D eigenvalue weighted by Crippen LogP contribution is -2.31. The minimum absolute atomic E-state index is 0.0295. The summed E-state index contributed by atoms with van der Waals surface area (Å²) < 4.78 is 5.39. The van der Waals surface area contributed by atoms with E-state index in [2.05, 4.69) is 0 Å². The number of carbonyl (C=O) groups excluding carboxylic acids is 1. The van der Waals surface area contributed by atoms with E-state index >= 15 is 0 Å². The van der Waals surface area contributed by atoms with E-state index in [0.29, 0.717) is 12.3 Å². The number of cyclic esters (lactones) is 1. The molecule has 2 nitrogen and oxygen atoms in total. The van der Waals surface area contributed by atoms with E-state index in [-0.39, 0.29) is 12.1 Å². The summed E-state index contributed by atoms with van der Waals surface area (Å²) >= 11 is 0. The molecule has 2 aliphatic rings. The highest BCUT2D eigenvalue weighted by Crippen LogP contribution is 2.32. The molecule has 1 aliphatic carbocycles. The summed E-state index contributed by atoms with van der Waals surface area (Å²) in [4.78, 5) is 11.1. The Hall–Kier alpha value is -0.530. The van der Waals surface area contributed by atoms with Gasteiger partial charge in [0.25, 0.3) is 0 Å². The van der Waals surface area contributed by atoms with Gasteiger partial charge in [-0.1, -0.05) is 19.3 Å². The molecule has 0 aromatic rings. The zero-order valence-electron chi connectivity index (χ0n) is 8.13. The van der Waals surface area contributed by atoms with Crippen LogP contribution < -0.4 is 0 Å². The molecule has 0 aromatic heterocycles. The Bertz CT molecular complexity index is 183. The predicted octanol–water partition coefficient (Wildman–Crippen LogP) is 2.66. The fourth-order valence-electron chi connectivity index (χ4n) is 2.57. The van der Waals surface area contributed by atoms with Crippen LogP contribution in [0.5, 0.6) is 0 Å². The van der Waals surface area contributed by atoms with Crippen LogP contribution in [0.25, 0.3) is 0 Å². The molecule has 0 amide bonds. The lowest BCUT2D eigenvalue weighted by Gasteiger charge is -2.32. The van der Waals surface area contributed by atoms with Gasteiger partial charge in [0, 0.05) is 6.42 Å². The van der Waals surface area contributed by atoms with Crippen LogP contribution in [-0.2, 0) is 9.53 Å². The van der Waals surface area contributed by atoms with Crippen molar-refractivity contribution >= 4 is 5.97 Å². The highest BCUT2D eigenvalue weighted by molar-refractivity contribution is 5.70. The van der Waals surface area contributed by atoms with Crippen molar-refractivity contribution in [1.29, 1.82) is 0 Å². The summed E-state index contributed by atoms with van der Waals surface area (Å²) in [5, 5.41) is 0. The number of carbonyl (C=O) groups is 1. The van der Waals surface area contributed by atoms with Gasteiger partial charge in [0.05, 0.1) is 0 Å². The molecule has 2 rings (SSSR count). The third-order valence-corrected chi connectivity index (χ3v) is 3.33. The molecule has 2 fully saturated rings.